The van der Waals surface area contributed by atoms with Crippen LogP contribution in [0.3, 0.4) is 0 Å². The molecule has 4 rings (SSSR count). The van der Waals surface area contributed by atoms with Gasteiger partial charge in [0.1, 0.15) is 11.5 Å². The highest BCUT2D eigenvalue weighted by Gasteiger charge is 2.27. The molecule has 0 radical (unpaired) electrons. The highest BCUT2D eigenvalue weighted by Crippen LogP contribution is 2.27. The number of aromatic nitrogens is 2. The summed E-state index contributed by atoms with van der Waals surface area (Å²) >= 11 is 0. The summed E-state index contributed by atoms with van der Waals surface area (Å²) in [5.74, 6) is 2.44. The molecule has 1 N–H and O–H groups in total. The minimum atomic E-state index is 0.227. The Kier molecular flexibility index (Phi) is 4.61. The molecule has 0 saturated heterocycles. The van der Waals surface area contributed by atoms with Gasteiger partial charge in [0.05, 0.1) is 18.3 Å². The van der Waals surface area contributed by atoms with E-state index in [4.69, 9.17) is 4.42 Å². The highest BCUT2D eigenvalue weighted by molar-refractivity contribution is 5.79. The molecule has 1 atom stereocenters. The van der Waals surface area contributed by atoms with E-state index in [2.05, 4.69) is 32.1 Å². The Balaban J connectivity index is 1.35. The fourth-order valence-electron chi connectivity index (χ4n) is 3.77. The van der Waals surface area contributed by atoms with Crippen LogP contribution in [-0.2, 0) is 17.9 Å². The Hall–Kier alpha value is -2.08. The van der Waals surface area contributed by atoms with Crippen molar-refractivity contribution in [1.82, 2.24) is 20.0 Å². The van der Waals surface area contributed by atoms with Crippen LogP contribution in [0.15, 0.2) is 28.8 Å². The van der Waals surface area contributed by atoms with Gasteiger partial charge in [0.15, 0.2) is 0 Å². The molecule has 3 heterocycles. The van der Waals surface area contributed by atoms with E-state index in [9.17, 15) is 4.79 Å². The van der Waals surface area contributed by atoms with Crippen molar-refractivity contribution in [2.24, 2.45) is 5.92 Å². The van der Waals surface area contributed by atoms with Gasteiger partial charge in [0.2, 0.25) is 5.91 Å². The largest absolute Gasteiger partial charge is 0.465 e. The molecule has 2 aromatic rings. The number of amides is 1. The standard InChI is InChI=1S/C19H26N4O2/c1-14-5-6-18(25-14)13-22-11-16(23-17(12-22)8-10-21-23)7-9-20-19(24)15-3-2-4-15/h5-6,8,10,15-16H,2-4,7,9,11-13H2,1H3,(H,20,24). The van der Waals surface area contributed by atoms with Crippen molar-refractivity contribution in [2.75, 3.05) is 13.1 Å². The van der Waals surface area contributed by atoms with Crippen LogP contribution in [0.4, 0.5) is 0 Å². The third-order valence-electron chi connectivity index (χ3n) is 5.38. The average Bonchev–Trinajstić information content (AvgIpc) is 3.14. The maximum Gasteiger partial charge on any atom is 0.223 e. The SMILES string of the molecule is Cc1ccc(CN2Cc3ccnn3C(CCNC(=O)C3CCC3)C2)o1. The van der Waals surface area contributed by atoms with Crippen LogP contribution in [0.1, 0.15) is 48.9 Å². The van der Waals surface area contributed by atoms with Gasteiger partial charge in [-0.05, 0) is 44.4 Å². The second kappa shape index (κ2) is 7.04. The normalized spacial score (nSPS) is 20.9. The van der Waals surface area contributed by atoms with Gasteiger partial charge < -0.3 is 9.73 Å². The molecule has 0 bridgehead atoms. The number of carbonyl (C=O) groups is 1. The fourth-order valence-corrected chi connectivity index (χ4v) is 3.77. The number of furan rings is 1. The van der Waals surface area contributed by atoms with Crippen LogP contribution < -0.4 is 5.32 Å². The Morgan fingerprint density at radius 3 is 2.96 bits per heavy atom. The number of carbonyl (C=O) groups excluding carboxylic acids is 1. The first kappa shape index (κ1) is 16.4. The van der Waals surface area contributed by atoms with Crippen LogP contribution in [0.5, 0.6) is 0 Å². The molecule has 0 spiro atoms. The summed E-state index contributed by atoms with van der Waals surface area (Å²) in [6, 6.07) is 6.43. The molecule has 134 valence electrons. The lowest BCUT2D eigenvalue weighted by Crippen LogP contribution is -2.40. The third kappa shape index (κ3) is 3.63. The zero-order valence-corrected chi connectivity index (χ0v) is 14.8. The Bertz CT molecular complexity index is 731. The summed E-state index contributed by atoms with van der Waals surface area (Å²) in [5, 5.41) is 7.60. The molecule has 1 saturated carbocycles. The van der Waals surface area contributed by atoms with E-state index in [0.717, 1.165) is 50.4 Å². The summed E-state index contributed by atoms with van der Waals surface area (Å²) in [7, 11) is 0. The molecular formula is C19H26N4O2. The molecular weight excluding hydrogens is 316 g/mol. The molecule has 1 aliphatic carbocycles. The summed E-state index contributed by atoms with van der Waals surface area (Å²) < 4.78 is 7.85. The van der Waals surface area contributed by atoms with Crippen molar-refractivity contribution >= 4 is 5.91 Å². The van der Waals surface area contributed by atoms with E-state index in [0.29, 0.717) is 6.54 Å². The number of hydrogen-bond acceptors (Lipinski definition) is 4. The number of nitrogens with one attached hydrogen (secondary N) is 1. The maximum atomic E-state index is 12.0. The molecule has 1 fully saturated rings. The molecule has 1 unspecified atom stereocenters. The summed E-state index contributed by atoms with van der Waals surface area (Å²) in [6.07, 6.45) is 6.07. The third-order valence-corrected chi connectivity index (χ3v) is 5.38. The molecule has 2 aliphatic rings. The van der Waals surface area contributed by atoms with Gasteiger partial charge in [-0.3, -0.25) is 14.4 Å². The number of rotatable bonds is 6. The van der Waals surface area contributed by atoms with Gasteiger partial charge in [-0.25, -0.2) is 0 Å². The summed E-state index contributed by atoms with van der Waals surface area (Å²) in [4.78, 5) is 14.4. The van der Waals surface area contributed by atoms with Crippen LogP contribution in [0.2, 0.25) is 0 Å². The second-order valence-corrected chi connectivity index (χ2v) is 7.31. The van der Waals surface area contributed by atoms with E-state index in [1.54, 1.807) is 0 Å². The summed E-state index contributed by atoms with van der Waals surface area (Å²) in [5.41, 5.74) is 1.23. The van der Waals surface area contributed by atoms with Gasteiger partial charge in [-0.15, -0.1) is 0 Å². The molecule has 1 amide bonds. The number of nitrogens with zero attached hydrogens (tertiary/aromatic N) is 3. The first-order valence-electron chi connectivity index (χ1n) is 9.27. The predicted octanol–water partition coefficient (Wildman–Crippen LogP) is 2.65. The maximum absolute atomic E-state index is 12.0. The van der Waals surface area contributed by atoms with E-state index in [1.807, 2.05) is 19.2 Å². The zero-order valence-electron chi connectivity index (χ0n) is 14.8. The number of aryl methyl sites for hydroxylation is 1. The van der Waals surface area contributed by atoms with Gasteiger partial charge in [-0.1, -0.05) is 6.42 Å². The zero-order chi connectivity index (χ0) is 17.2. The van der Waals surface area contributed by atoms with E-state index < -0.39 is 0 Å². The fraction of sp³-hybridized carbons (Fsp3) is 0.579. The van der Waals surface area contributed by atoms with Crippen molar-refractivity contribution < 1.29 is 9.21 Å². The van der Waals surface area contributed by atoms with Crippen molar-refractivity contribution in [2.45, 2.75) is 51.7 Å². The predicted molar refractivity (Wildman–Crippen MR) is 93.8 cm³/mol. The Morgan fingerprint density at radius 2 is 2.24 bits per heavy atom. The molecule has 1 aliphatic heterocycles. The molecule has 25 heavy (non-hydrogen) atoms. The minimum Gasteiger partial charge on any atom is -0.465 e. The van der Waals surface area contributed by atoms with Crippen LogP contribution in [0, 0.1) is 12.8 Å². The first-order valence-corrected chi connectivity index (χ1v) is 9.27. The molecule has 2 aromatic heterocycles. The highest BCUT2D eigenvalue weighted by atomic mass is 16.3. The van der Waals surface area contributed by atoms with Crippen LogP contribution in [0.25, 0.3) is 0 Å². The van der Waals surface area contributed by atoms with Crippen molar-refractivity contribution in [3.63, 3.8) is 0 Å². The first-order chi connectivity index (χ1) is 12.2. The summed E-state index contributed by atoms with van der Waals surface area (Å²) in [6.45, 7) is 5.30. The lowest BCUT2D eigenvalue weighted by molar-refractivity contribution is -0.127. The Morgan fingerprint density at radius 1 is 1.36 bits per heavy atom. The Labute approximate surface area is 148 Å². The van der Waals surface area contributed by atoms with Crippen molar-refractivity contribution in [3.8, 4) is 0 Å². The van der Waals surface area contributed by atoms with E-state index >= 15 is 0 Å². The van der Waals surface area contributed by atoms with Crippen molar-refractivity contribution in [1.29, 1.82) is 0 Å². The molecule has 0 aromatic carbocycles. The second-order valence-electron chi connectivity index (χ2n) is 7.31. The quantitative estimate of drug-likeness (QED) is 0.877. The average molecular weight is 342 g/mol. The molecule has 6 nitrogen and oxygen atoms in total. The van der Waals surface area contributed by atoms with Gasteiger partial charge in [0, 0.05) is 31.7 Å². The molecule has 6 heteroatoms. The van der Waals surface area contributed by atoms with Gasteiger partial charge >= 0.3 is 0 Å². The van der Waals surface area contributed by atoms with Crippen LogP contribution >= 0.6 is 0 Å². The van der Waals surface area contributed by atoms with Gasteiger partial charge in [-0.2, -0.15) is 5.10 Å². The lowest BCUT2D eigenvalue weighted by atomic mass is 9.85. The van der Waals surface area contributed by atoms with Crippen molar-refractivity contribution in [3.05, 3.63) is 41.6 Å². The van der Waals surface area contributed by atoms with Gasteiger partial charge in [0.25, 0.3) is 0 Å². The lowest BCUT2D eigenvalue weighted by Gasteiger charge is -2.33. The smallest absolute Gasteiger partial charge is 0.223 e. The monoisotopic (exact) mass is 342 g/mol. The van der Waals surface area contributed by atoms with E-state index in [1.165, 1.54) is 12.1 Å². The topological polar surface area (TPSA) is 63.3 Å². The van der Waals surface area contributed by atoms with E-state index in [-0.39, 0.29) is 17.9 Å². The number of hydrogen-bond donors (Lipinski definition) is 1. The number of fused-ring (bicyclic) bond motifs is 1. The minimum absolute atomic E-state index is 0.227. The van der Waals surface area contributed by atoms with Crippen LogP contribution in [-0.4, -0.2) is 33.7 Å².